The number of esters is 1. The topological polar surface area (TPSA) is 69.7 Å². The summed E-state index contributed by atoms with van der Waals surface area (Å²) in [6, 6.07) is 25.2. The molecule has 2 unspecified atom stereocenters. The number of carbonyl (C=O) groups is 1. The van der Waals surface area contributed by atoms with Gasteiger partial charge >= 0.3 is 5.97 Å². The first-order chi connectivity index (χ1) is 19.7. The van der Waals surface area contributed by atoms with Crippen molar-refractivity contribution in [2.24, 2.45) is 5.92 Å². The summed E-state index contributed by atoms with van der Waals surface area (Å²) in [6.45, 7) is 9.65. The van der Waals surface area contributed by atoms with E-state index < -0.39 is 15.8 Å². The number of aryl methyl sites for hydroxylation is 1. The zero-order chi connectivity index (χ0) is 28.9. The lowest BCUT2D eigenvalue weighted by atomic mass is 9.95. The predicted molar refractivity (Wildman–Crippen MR) is 156 cm³/mol. The third-order valence-corrected chi connectivity index (χ3v) is 9.35. The summed E-state index contributed by atoms with van der Waals surface area (Å²) in [5, 5.41) is 0.610. The molecule has 41 heavy (non-hydrogen) atoms. The van der Waals surface area contributed by atoms with E-state index in [9.17, 15) is 17.6 Å². The molecule has 6 nitrogen and oxygen atoms in total. The zero-order valence-electron chi connectivity index (χ0n) is 22.3. The van der Waals surface area contributed by atoms with Crippen molar-refractivity contribution in [3.8, 4) is 22.4 Å². The molecule has 8 heteroatoms. The second-order valence-electron chi connectivity index (χ2n) is 10.2. The number of carbonyl (C=O) groups excluding carboxylic acids is 1. The smallest absolute Gasteiger partial charge is 0.309 e. The average molecular weight is 565 g/mol. The van der Waals surface area contributed by atoms with Gasteiger partial charge in [0.1, 0.15) is 5.82 Å². The number of hydrogen-bond donors (Lipinski definition) is 0. The molecule has 0 spiro atoms. The largest absolute Gasteiger partial charge is 0.469 e. The summed E-state index contributed by atoms with van der Waals surface area (Å²) in [4.78, 5) is 15.9. The second-order valence-corrected chi connectivity index (χ2v) is 12.0. The standard InChI is InChI=1S/C33H25FN2O4S/c1-20-11-14-24(15-12-20)41(38,39)36-30-10-5-4-9-26(30)31(25-16-13-23(34)18-29(25)35-2)32(36)22-8-6-7-21(17-22)27-19-28(27)33(37)40-3/h4-18,27-28H,19H2,1,3H3. The molecule has 1 heterocycles. The first-order valence-corrected chi connectivity index (χ1v) is 14.5. The van der Waals surface area contributed by atoms with Gasteiger partial charge in [0.15, 0.2) is 5.69 Å². The minimum atomic E-state index is -4.13. The van der Waals surface area contributed by atoms with Crippen LogP contribution in [0.1, 0.15) is 23.5 Å². The molecule has 0 bridgehead atoms. The lowest BCUT2D eigenvalue weighted by Crippen LogP contribution is -2.14. The summed E-state index contributed by atoms with van der Waals surface area (Å²) in [5.41, 5.74) is 4.22. The molecule has 1 saturated carbocycles. The Morgan fingerprint density at radius 1 is 1.00 bits per heavy atom. The molecule has 0 amide bonds. The molecule has 0 radical (unpaired) electrons. The van der Waals surface area contributed by atoms with Crippen molar-refractivity contribution < 1.29 is 22.3 Å². The van der Waals surface area contributed by atoms with Crippen LogP contribution in [0.4, 0.5) is 10.1 Å². The zero-order valence-corrected chi connectivity index (χ0v) is 23.2. The lowest BCUT2D eigenvalue weighted by molar-refractivity contribution is -0.142. The summed E-state index contributed by atoms with van der Waals surface area (Å²) in [7, 11) is -2.76. The number of halogens is 1. The van der Waals surface area contributed by atoms with E-state index in [0.29, 0.717) is 39.7 Å². The van der Waals surface area contributed by atoms with Gasteiger partial charge in [-0.3, -0.25) is 4.79 Å². The van der Waals surface area contributed by atoms with Crippen LogP contribution in [0, 0.1) is 25.2 Å². The maximum absolute atomic E-state index is 14.4. The number of ether oxygens (including phenoxy) is 1. The molecule has 6 rings (SSSR count). The number of nitrogens with zero attached hydrogens (tertiary/aromatic N) is 2. The molecule has 1 aromatic heterocycles. The van der Waals surface area contributed by atoms with Crippen LogP contribution in [0.5, 0.6) is 0 Å². The number of benzene rings is 4. The van der Waals surface area contributed by atoms with Crippen LogP contribution in [-0.2, 0) is 19.6 Å². The minimum Gasteiger partial charge on any atom is -0.469 e. The van der Waals surface area contributed by atoms with E-state index in [1.807, 2.05) is 37.3 Å². The number of methoxy groups -OCH3 is 1. The van der Waals surface area contributed by atoms with Gasteiger partial charge in [-0.05, 0) is 66.8 Å². The van der Waals surface area contributed by atoms with E-state index in [-0.39, 0.29) is 28.4 Å². The number of hydrogen-bond acceptors (Lipinski definition) is 4. The molecule has 0 N–H and O–H groups in total. The molecular formula is C33H25FN2O4S. The van der Waals surface area contributed by atoms with Crippen LogP contribution in [0.25, 0.3) is 38.1 Å². The van der Waals surface area contributed by atoms with Crippen molar-refractivity contribution in [1.29, 1.82) is 0 Å². The van der Waals surface area contributed by atoms with Gasteiger partial charge in [-0.15, -0.1) is 0 Å². The molecule has 0 saturated heterocycles. The van der Waals surface area contributed by atoms with Crippen LogP contribution in [0.2, 0.25) is 0 Å². The molecule has 2 atom stereocenters. The third kappa shape index (κ3) is 4.48. The Labute approximate surface area is 237 Å². The molecule has 0 aliphatic heterocycles. The van der Waals surface area contributed by atoms with Gasteiger partial charge in [0.25, 0.3) is 10.0 Å². The maximum atomic E-state index is 14.4. The Morgan fingerprint density at radius 3 is 2.49 bits per heavy atom. The van der Waals surface area contributed by atoms with Crippen LogP contribution < -0.4 is 0 Å². The Hall–Kier alpha value is -4.74. The Morgan fingerprint density at radius 2 is 1.76 bits per heavy atom. The maximum Gasteiger partial charge on any atom is 0.309 e. The summed E-state index contributed by atoms with van der Waals surface area (Å²) < 4.78 is 49.3. The monoisotopic (exact) mass is 564 g/mol. The van der Waals surface area contributed by atoms with Gasteiger partial charge in [0.2, 0.25) is 0 Å². The highest BCUT2D eigenvalue weighted by Gasteiger charge is 2.45. The number of rotatable bonds is 6. The minimum absolute atomic E-state index is 0.0398. The van der Waals surface area contributed by atoms with Crippen molar-refractivity contribution in [3.05, 3.63) is 119 Å². The van der Waals surface area contributed by atoms with E-state index in [4.69, 9.17) is 11.3 Å². The number of aromatic nitrogens is 1. The highest BCUT2D eigenvalue weighted by atomic mass is 32.2. The van der Waals surface area contributed by atoms with Gasteiger partial charge in [0, 0.05) is 16.5 Å². The molecular weight excluding hydrogens is 539 g/mol. The lowest BCUT2D eigenvalue weighted by Gasteiger charge is -2.15. The van der Waals surface area contributed by atoms with Gasteiger partial charge in [-0.2, -0.15) is 0 Å². The van der Waals surface area contributed by atoms with Gasteiger partial charge in [-0.1, -0.05) is 60.2 Å². The first-order valence-electron chi connectivity index (χ1n) is 13.1. The van der Waals surface area contributed by atoms with Crippen molar-refractivity contribution in [2.75, 3.05) is 7.11 Å². The summed E-state index contributed by atoms with van der Waals surface area (Å²) >= 11 is 0. The highest BCUT2D eigenvalue weighted by molar-refractivity contribution is 7.90. The molecule has 4 aromatic carbocycles. The van der Waals surface area contributed by atoms with Crippen molar-refractivity contribution in [1.82, 2.24) is 3.97 Å². The average Bonchev–Trinajstić information content (AvgIpc) is 3.71. The highest BCUT2D eigenvalue weighted by Crippen LogP contribution is 2.50. The molecule has 1 aliphatic rings. The Balaban J connectivity index is 1.69. The Kier molecular flexibility index (Phi) is 6.47. The van der Waals surface area contributed by atoms with Gasteiger partial charge in [0.05, 0.1) is 35.7 Å². The van der Waals surface area contributed by atoms with Crippen LogP contribution in [-0.4, -0.2) is 25.5 Å². The van der Waals surface area contributed by atoms with Crippen LogP contribution in [0.15, 0.2) is 95.9 Å². The normalized spacial score (nSPS) is 16.3. The third-order valence-electron chi connectivity index (χ3n) is 7.62. The van der Waals surface area contributed by atoms with Crippen molar-refractivity contribution in [2.45, 2.75) is 24.2 Å². The van der Waals surface area contributed by atoms with Crippen LogP contribution in [0.3, 0.4) is 0 Å². The van der Waals surface area contributed by atoms with Crippen LogP contribution >= 0.6 is 0 Å². The second kappa shape index (κ2) is 10.0. The molecule has 1 aliphatic carbocycles. The van der Waals surface area contributed by atoms with Gasteiger partial charge < -0.3 is 4.74 Å². The van der Waals surface area contributed by atoms with E-state index >= 15 is 0 Å². The fraction of sp³-hybridized carbons (Fsp3) is 0.152. The van der Waals surface area contributed by atoms with E-state index in [2.05, 4.69) is 4.85 Å². The van der Waals surface area contributed by atoms with E-state index in [0.717, 1.165) is 17.2 Å². The SMILES string of the molecule is [C-]#[N+]c1cc(F)ccc1-c1c(-c2cccc(C3CC3C(=O)OC)c2)n(S(=O)(=O)c2ccc(C)cc2)c2ccccc12. The quantitative estimate of drug-likeness (QED) is 0.158. The fourth-order valence-corrected chi connectivity index (χ4v) is 7.06. The number of fused-ring (bicyclic) bond motifs is 1. The van der Waals surface area contributed by atoms with E-state index in [1.54, 1.807) is 42.5 Å². The first kappa shape index (κ1) is 26.5. The summed E-state index contributed by atoms with van der Waals surface area (Å²) in [6.07, 6.45) is 0.646. The van der Waals surface area contributed by atoms with Gasteiger partial charge in [-0.25, -0.2) is 21.6 Å². The van der Waals surface area contributed by atoms with Crippen molar-refractivity contribution in [3.63, 3.8) is 0 Å². The van der Waals surface area contributed by atoms with E-state index in [1.165, 1.54) is 23.2 Å². The predicted octanol–water partition coefficient (Wildman–Crippen LogP) is 7.49. The molecule has 204 valence electrons. The number of para-hydroxylation sites is 1. The fourth-order valence-electron chi connectivity index (χ4n) is 5.51. The Bertz CT molecular complexity index is 1990. The molecule has 1 fully saturated rings. The molecule has 5 aromatic rings. The van der Waals surface area contributed by atoms with Crippen molar-refractivity contribution >= 4 is 32.6 Å². The summed E-state index contributed by atoms with van der Waals surface area (Å²) in [5.74, 6) is -1.11.